The average molecular weight is 271 g/mol. The Hall–Kier alpha value is -0.820. The highest BCUT2D eigenvalue weighted by Crippen LogP contribution is 2.26. The van der Waals surface area contributed by atoms with Gasteiger partial charge in [0.25, 0.3) is 0 Å². The Morgan fingerprint density at radius 3 is 2.22 bits per heavy atom. The molecule has 0 saturated heterocycles. The minimum Gasteiger partial charge on any atom is -0.465 e. The van der Waals surface area contributed by atoms with Gasteiger partial charge in [-0.25, -0.2) is 0 Å². The summed E-state index contributed by atoms with van der Waals surface area (Å²) in [5.74, 6) is -0.600. The van der Waals surface area contributed by atoms with Gasteiger partial charge in [-0.15, -0.1) is 0 Å². The third-order valence-corrected chi connectivity index (χ3v) is 2.47. The van der Waals surface area contributed by atoms with Crippen LogP contribution in [0.2, 0.25) is 0 Å². The number of hydrogen-bond acceptors (Lipinski definition) is 4. The fourth-order valence-corrected chi connectivity index (χ4v) is 1.60. The second-order valence-corrected chi connectivity index (χ2v) is 4.06. The van der Waals surface area contributed by atoms with Crippen molar-refractivity contribution in [2.24, 2.45) is 11.1 Å². The van der Waals surface area contributed by atoms with Crippen LogP contribution in [-0.4, -0.2) is 38.5 Å². The van der Waals surface area contributed by atoms with Crippen molar-refractivity contribution in [1.82, 2.24) is 0 Å². The quantitative estimate of drug-likeness (QED) is 0.685. The predicted octanol–water partition coefficient (Wildman–Crippen LogP) is 1.87. The van der Waals surface area contributed by atoms with Gasteiger partial charge in [0, 0.05) is 6.54 Å². The molecule has 0 rings (SSSR count). The zero-order valence-corrected chi connectivity index (χ0v) is 10.7. The zero-order chi connectivity index (χ0) is 14.2. The van der Waals surface area contributed by atoms with Crippen molar-refractivity contribution in [3.05, 3.63) is 0 Å². The monoisotopic (exact) mass is 271 g/mol. The van der Waals surface area contributed by atoms with Gasteiger partial charge in [0.2, 0.25) is 0 Å². The molecule has 0 aromatic rings. The van der Waals surface area contributed by atoms with E-state index in [1.54, 1.807) is 6.92 Å². The lowest BCUT2D eigenvalue weighted by Crippen LogP contribution is -2.44. The first-order valence-corrected chi connectivity index (χ1v) is 5.83. The number of ether oxygens (including phenoxy) is 2. The molecule has 0 aliphatic heterocycles. The first kappa shape index (κ1) is 17.2. The van der Waals surface area contributed by atoms with E-state index in [1.807, 2.05) is 6.92 Å². The van der Waals surface area contributed by atoms with E-state index in [4.69, 9.17) is 10.5 Å². The maximum absolute atomic E-state index is 12.0. The number of halogens is 3. The Morgan fingerprint density at radius 1 is 1.22 bits per heavy atom. The van der Waals surface area contributed by atoms with Crippen molar-refractivity contribution < 1.29 is 27.4 Å². The van der Waals surface area contributed by atoms with E-state index in [-0.39, 0.29) is 19.8 Å². The molecule has 18 heavy (non-hydrogen) atoms. The fourth-order valence-electron chi connectivity index (χ4n) is 1.60. The lowest BCUT2D eigenvalue weighted by atomic mass is 9.84. The highest BCUT2D eigenvalue weighted by atomic mass is 19.4. The summed E-state index contributed by atoms with van der Waals surface area (Å²) in [6, 6.07) is 0. The van der Waals surface area contributed by atoms with Gasteiger partial charge in [0.05, 0.1) is 13.2 Å². The fraction of sp³-hybridized carbons (Fsp3) is 0.909. The molecule has 4 nitrogen and oxygen atoms in total. The number of rotatable bonds is 8. The van der Waals surface area contributed by atoms with E-state index in [0.717, 1.165) is 0 Å². The van der Waals surface area contributed by atoms with Gasteiger partial charge >= 0.3 is 12.1 Å². The number of nitrogens with two attached hydrogens (primary N) is 1. The third-order valence-electron chi connectivity index (χ3n) is 2.47. The first-order chi connectivity index (χ1) is 8.31. The predicted molar refractivity (Wildman–Crippen MR) is 59.9 cm³/mol. The Balaban J connectivity index is 4.60. The van der Waals surface area contributed by atoms with Crippen LogP contribution in [-0.2, 0) is 14.3 Å². The molecule has 0 aromatic carbocycles. The molecule has 108 valence electrons. The molecule has 0 radical (unpaired) electrons. The van der Waals surface area contributed by atoms with E-state index in [0.29, 0.717) is 12.8 Å². The molecule has 0 spiro atoms. The Bertz CT molecular complexity index is 258. The molecule has 1 unspecified atom stereocenters. The summed E-state index contributed by atoms with van der Waals surface area (Å²) >= 11 is 0. The summed E-state index contributed by atoms with van der Waals surface area (Å²) in [5.41, 5.74) is 4.33. The van der Waals surface area contributed by atoms with E-state index in [9.17, 15) is 18.0 Å². The summed E-state index contributed by atoms with van der Waals surface area (Å²) in [6.45, 7) is 1.73. The van der Waals surface area contributed by atoms with Crippen LogP contribution < -0.4 is 5.73 Å². The molecule has 7 heteroatoms. The Labute approximate surface area is 105 Å². The van der Waals surface area contributed by atoms with Gasteiger partial charge < -0.3 is 15.2 Å². The van der Waals surface area contributed by atoms with Crippen molar-refractivity contribution in [3.8, 4) is 0 Å². The van der Waals surface area contributed by atoms with E-state index in [2.05, 4.69) is 4.74 Å². The zero-order valence-electron chi connectivity index (χ0n) is 10.7. The molecule has 2 N–H and O–H groups in total. The largest absolute Gasteiger partial charge is 0.465 e. The molecule has 0 aromatic heterocycles. The van der Waals surface area contributed by atoms with Gasteiger partial charge in [0.1, 0.15) is 12.0 Å². The van der Waals surface area contributed by atoms with Crippen LogP contribution >= 0.6 is 0 Å². The van der Waals surface area contributed by atoms with Crippen LogP contribution in [0, 0.1) is 5.41 Å². The number of esters is 1. The van der Waals surface area contributed by atoms with Crippen molar-refractivity contribution in [1.29, 1.82) is 0 Å². The SMILES string of the molecule is CCCC(CN)(COCC(F)(F)F)C(=O)OCC. The Kier molecular flexibility index (Phi) is 7.23. The van der Waals surface area contributed by atoms with Crippen LogP contribution in [0.4, 0.5) is 13.2 Å². The average Bonchev–Trinajstić information content (AvgIpc) is 2.26. The molecule has 0 saturated carbocycles. The Morgan fingerprint density at radius 2 is 1.83 bits per heavy atom. The molecule has 0 amide bonds. The lowest BCUT2D eigenvalue weighted by molar-refractivity contribution is -0.188. The van der Waals surface area contributed by atoms with E-state index in [1.165, 1.54) is 0 Å². The van der Waals surface area contributed by atoms with E-state index < -0.39 is 24.2 Å². The molecule has 0 fully saturated rings. The number of alkyl halides is 3. The number of carbonyl (C=O) groups excluding carboxylic acids is 1. The molecule has 0 heterocycles. The topological polar surface area (TPSA) is 61.5 Å². The molecule has 0 aliphatic rings. The first-order valence-electron chi connectivity index (χ1n) is 5.83. The van der Waals surface area contributed by atoms with Crippen LogP contribution in [0.25, 0.3) is 0 Å². The highest BCUT2D eigenvalue weighted by Gasteiger charge is 2.39. The summed E-state index contributed by atoms with van der Waals surface area (Å²) in [7, 11) is 0. The lowest BCUT2D eigenvalue weighted by Gasteiger charge is -2.29. The smallest absolute Gasteiger partial charge is 0.411 e. The molecular weight excluding hydrogens is 251 g/mol. The van der Waals surface area contributed by atoms with Crippen LogP contribution in [0.15, 0.2) is 0 Å². The second kappa shape index (κ2) is 7.58. The normalized spacial score (nSPS) is 15.2. The van der Waals surface area contributed by atoms with Crippen molar-refractivity contribution >= 4 is 5.97 Å². The third kappa shape index (κ3) is 5.68. The van der Waals surface area contributed by atoms with Crippen LogP contribution in [0.3, 0.4) is 0 Å². The summed E-state index contributed by atoms with van der Waals surface area (Å²) in [4.78, 5) is 11.8. The maximum Gasteiger partial charge on any atom is 0.411 e. The number of hydrogen-bond donors (Lipinski definition) is 1. The van der Waals surface area contributed by atoms with Gasteiger partial charge in [-0.1, -0.05) is 13.3 Å². The second-order valence-electron chi connectivity index (χ2n) is 4.06. The van der Waals surface area contributed by atoms with Crippen molar-refractivity contribution in [3.63, 3.8) is 0 Å². The summed E-state index contributed by atoms with van der Waals surface area (Å²) in [6.07, 6.45) is -3.48. The van der Waals surface area contributed by atoms with Crippen LogP contribution in [0.1, 0.15) is 26.7 Å². The van der Waals surface area contributed by atoms with Gasteiger partial charge in [-0.05, 0) is 13.3 Å². The summed E-state index contributed by atoms with van der Waals surface area (Å²) in [5, 5.41) is 0. The maximum atomic E-state index is 12.0. The summed E-state index contributed by atoms with van der Waals surface area (Å²) < 4.78 is 45.4. The van der Waals surface area contributed by atoms with Crippen LogP contribution in [0.5, 0.6) is 0 Å². The van der Waals surface area contributed by atoms with E-state index >= 15 is 0 Å². The van der Waals surface area contributed by atoms with Gasteiger partial charge in [-0.3, -0.25) is 4.79 Å². The van der Waals surface area contributed by atoms with Gasteiger partial charge in [-0.2, -0.15) is 13.2 Å². The van der Waals surface area contributed by atoms with Gasteiger partial charge in [0.15, 0.2) is 0 Å². The molecule has 1 atom stereocenters. The minimum absolute atomic E-state index is 0.0997. The van der Waals surface area contributed by atoms with Crippen molar-refractivity contribution in [2.75, 3.05) is 26.4 Å². The highest BCUT2D eigenvalue weighted by molar-refractivity contribution is 5.77. The molecule has 0 aliphatic carbocycles. The minimum atomic E-state index is -4.42. The molecule has 0 bridgehead atoms. The van der Waals surface area contributed by atoms with Crippen molar-refractivity contribution in [2.45, 2.75) is 32.9 Å². The standard InChI is InChI=1S/C11H20F3NO3/c1-3-5-10(6-15,9(16)18-4-2)7-17-8-11(12,13)14/h3-8,15H2,1-2H3. The number of carbonyl (C=O) groups is 1. The molecular formula is C11H20F3NO3.